The van der Waals surface area contributed by atoms with E-state index in [1.54, 1.807) is 17.5 Å². The third-order valence-corrected chi connectivity index (χ3v) is 4.19. The summed E-state index contributed by atoms with van der Waals surface area (Å²) >= 11 is 0. The van der Waals surface area contributed by atoms with Crippen molar-refractivity contribution in [2.45, 2.75) is 25.9 Å². The Balaban J connectivity index is 1.93. The van der Waals surface area contributed by atoms with Crippen molar-refractivity contribution in [1.82, 2.24) is 24.3 Å². The molecule has 3 heterocycles. The summed E-state index contributed by atoms with van der Waals surface area (Å²) in [6.45, 7) is 5.78. The molecule has 0 spiro atoms. The minimum atomic E-state index is -1.38. The normalized spacial score (nSPS) is 12.2. The lowest BCUT2D eigenvalue weighted by atomic mass is 10.3. The summed E-state index contributed by atoms with van der Waals surface area (Å²) in [7, 11) is -1.38. The van der Waals surface area contributed by atoms with Crippen LogP contribution in [0.2, 0.25) is 0 Å². The Hall–Kier alpha value is -2.88. The third kappa shape index (κ3) is 3.54. The van der Waals surface area contributed by atoms with Crippen molar-refractivity contribution < 1.29 is 13.7 Å². The van der Waals surface area contributed by atoms with Crippen molar-refractivity contribution in [2.24, 2.45) is 0 Å². The van der Waals surface area contributed by atoms with Gasteiger partial charge in [0, 0.05) is 18.6 Å². The number of rotatable bonds is 5. The maximum Gasteiger partial charge on any atom is 0.263 e. The number of aromatic nitrogens is 5. The lowest BCUT2D eigenvalue weighted by Crippen LogP contribution is -2.17. The highest BCUT2D eigenvalue weighted by molar-refractivity contribution is 7.84. The summed E-state index contributed by atoms with van der Waals surface area (Å²) in [5.74, 6) is -0.0190. The smallest absolute Gasteiger partial charge is 0.263 e. The monoisotopic (exact) mass is 374 g/mol. The number of anilines is 1. The van der Waals surface area contributed by atoms with E-state index in [1.165, 1.54) is 12.5 Å². The number of carbonyl (C=O) groups is 1. The van der Waals surface area contributed by atoms with Crippen molar-refractivity contribution in [3.8, 4) is 5.88 Å². The SMILES string of the molecule is CCOc1nc(S(C)=O)ncc1C(=O)Nc1cn2cc(C)nc2c(C)n1. The lowest BCUT2D eigenvalue weighted by molar-refractivity contribution is 0.102. The summed E-state index contributed by atoms with van der Waals surface area (Å²) < 4.78 is 18.8. The Bertz CT molecular complexity index is 1020. The number of hydrogen-bond donors (Lipinski definition) is 1. The molecule has 0 aliphatic carbocycles. The van der Waals surface area contributed by atoms with Crippen LogP contribution in [0.5, 0.6) is 5.88 Å². The number of nitrogens with zero attached hydrogens (tertiary/aromatic N) is 5. The summed E-state index contributed by atoms with van der Waals surface area (Å²) in [5, 5.41) is 2.82. The molecule has 1 atom stereocenters. The van der Waals surface area contributed by atoms with E-state index in [2.05, 4.69) is 25.3 Å². The van der Waals surface area contributed by atoms with Gasteiger partial charge in [0.1, 0.15) is 11.4 Å². The summed E-state index contributed by atoms with van der Waals surface area (Å²) in [6.07, 6.45) is 6.29. The molecule has 3 aromatic heterocycles. The predicted octanol–water partition coefficient (Wildman–Crippen LogP) is 1.52. The molecule has 1 N–H and O–H groups in total. The Morgan fingerprint density at radius 3 is 2.73 bits per heavy atom. The van der Waals surface area contributed by atoms with Gasteiger partial charge >= 0.3 is 0 Å². The molecule has 1 unspecified atom stereocenters. The van der Waals surface area contributed by atoms with E-state index >= 15 is 0 Å². The van der Waals surface area contributed by atoms with Crippen LogP contribution >= 0.6 is 0 Å². The summed E-state index contributed by atoms with van der Waals surface area (Å²) in [4.78, 5) is 29.4. The zero-order valence-corrected chi connectivity index (χ0v) is 15.6. The zero-order valence-electron chi connectivity index (χ0n) is 14.8. The van der Waals surface area contributed by atoms with Gasteiger partial charge in [-0.25, -0.2) is 15.0 Å². The number of ether oxygens (including phenoxy) is 1. The molecule has 3 rings (SSSR count). The molecular weight excluding hydrogens is 356 g/mol. The van der Waals surface area contributed by atoms with Crippen LogP contribution in [0.3, 0.4) is 0 Å². The quantitative estimate of drug-likeness (QED) is 0.674. The Morgan fingerprint density at radius 1 is 1.27 bits per heavy atom. The highest BCUT2D eigenvalue weighted by Gasteiger charge is 2.18. The Labute approximate surface area is 152 Å². The largest absolute Gasteiger partial charge is 0.477 e. The number of fused-ring (bicyclic) bond motifs is 1. The van der Waals surface area contributed by atoms with Gasteiger partial charge in [-0.15, -0.1) is 0 Å². The fourth-order valence-corrected chi connectivity index (χ4v) is 2.82. The molecule has 0 aliphatic heterocycles. The second-order valence-electron chi connectivity index (χ2n) is 5.54. The van der Waals surface area contributed by atoms with Gasteiger partial charge in [-0.3, -0.25) is 9.00 Å². The minimum Gasteiger partial charge on any atom is -0.477 e. The topological polar surface area (TPSA) is 111 Å². The van der Waals surface area contributed by atoms with E-state index < -0.39 is 16.7 Å². The van der Waals surface area contributed by atoms with Crippen LogP contribution in [-0.2, 0) is 10.8 Å². The first kappa shape index (κ1) is 17.9. The molecule has 3 aromatic rings. The second-order valence-corrected chi connectivity index (χ2v) is 6.81. The predicted molar refractivity (Wildman–Crippen MR) is 95.9 cm³/mol. The number of hydrogen-bond acceptors (Lipinski definition) is 7. The fraction of sp³-hybridized carbons (Fsp3) is 0.312. The van der Waals surface area contributed by atoms with Crippen molar-refractivity contribution >= 4 is 28.2 Å². The van der Waals surface area contributed by atoms with Crippen molar-refractivity contribution in [3.05, 3.63) is 35.5 Å². The lowest BCUT2D eigenvalue weighted by Gasteiger charge is -2.10. The third-order valence-electron chi connectivity index (χ3n) is 3.48. The molecule has 0 fully saturated rings. The number of imidazole rings is 1. The van der Waals surface area contributed by atoms with Crippen LogP contribution in [0.4, 0.5) is 5.82 Å². The first-order valence-electron chi connectivity index (χ1n) is 7.86. The van der Waals surface area contributed by atoms with Crippen LogP contribution in [0.25, 0.3) is 5.65 Å². The molecular formula is C16H18N6O3S. The number of carbonyl (C=O) groups excluding carboxylic acids is 1. The van der Waals surface area contributed by atoms with Crippen LogP contribution < -0.4 is 10.1 Å². The van der Waals surface area contributed by atoms with Crippen LogP contribution in [0, 0.1) is 13.8 Å². The fourth-order valence-electron chi connectivity index (χ4n) is 2.41. The van der Waals surface area contributed by atoms with Gasteiger partial charge in [-0.2, -0.15) is 4.98 Å². The standard InChI is InChI=1S/C16H18N6O3S/c1-5-25-15-11(6-17-16(21-15)26(4)24)14(23)20-12-8-22-7-9(2)18-13(22)10(3)19-12/h6-8H,5H2,1-4H3,(H,20,23). The minimum absolute atomic E-state index is 0.0847. The van der Waals surface area contributed by atoms with E-state index in [4.69, 9.17) is 4.74 Å². The molecule has 26 heavy (non-hydrogen) atoms. The van der Waals surface area contributed by atoms with Crippen LogP contribution in [-0.4, -0.2) is 47.3 Å². The Morgan fingerprint density at radius 2 is 2.04 bits per heavy atom. The van der Waals surface area contributed by atoms with Gasteiger partial charge in [0.25, 0.3) is 5.91 Å². The van der Waals surface area contributed by atoms with Crippen molar-refractivity contribution in [3.63, 3.8) is 0 Å². The maximum atomic E-state index is 12.6. The van der Waals surface area contributed by atoms with Crippen LogP contribution in [0.1, 0.15) is 28.7 Å². The Kier molecular flexibility index (Phi) is 4.94. The number of aryl methyl sites for hydroxylation is 2. The highest BCUT2D eigenvalue weighted by atomic mass is 32.2. The van der Waals surface area contributed by atoms with E-state index in [-0.39, 0.29) is 16.6 Å². The molecule has 0 radical (unpaired) electrons. The molecule has 0 aliphatic rings. The molecule has 0 aromatic carbocycles. The van der Waals surface area contributed by atoms with Gasteiger partial charge in [-0.05, 0) is 20.8 Å². The number of amides is 1. The molecule has 0 bridgehead atoms. The van der Waals surface area contributed by atoms with Gasteiger partial charge in [0.2, 0.25) is 11.0 Å². The van der Waals surface area contributed by atoms with E-state index in [1.807, 2.05) is 20.0 Å². The second kappa shape index (κ2) is 7.16. The van der Waals surface area contributed by atoms with Gasteiger partial charge in [0.15, 0.2) is 5.65 Å². The zero-order chi connectivity index (χ0) is 18.8. The molecule has 0 saturated carbocycles. The van der Waals surface area contributed by atoms with Gasteiger partial charge < -0.3 is 14.5 Å². The molecule has 10 heteroatoms. The van der Waals surface area contributed by atoms with Crippen molar-refractivity contribution in [1.29, 1.82) is 0 Å². The first-order chi connectivity index (χ1) is 12.4. The van der Waals surface area contributed by atoms with Gasteiger partial charge in [-0.1, -0.05) is 0 Å². The molecule has 0 saturated heterocycles. The van der Waals surface area contributed by atoms with E-state index in [0.29, 0.717) is 18.1 Å². The van der Waals surface area contributed by atoms with Crippen molar-refractivity contribution in [2.75, 3.05) is 18.2 Å². The highest BCUT2D eigenvalue weighted by Crippen LogP contribution is 2.19. The average molecular weight is 374 g/mol. The molecule has 1 amide bonds. The van der Waals surface area contributed by atoms with E-state index in [9.17, 15) is 9.00 Å². The first-order valence-corrected chi connectivity index (χ1v) is 9.42. The van der Waals surface area contributed by atoms with Gasteiger partial charge in [0.05, 0.1) is 35.0 Å². The molecule has 136 valence electrons. The van der Waals surface area contributed by atoms with E-state index in [0.717, 1.165) is 11.3 Å². The summed E-state index contributed by atoms with van der Waals surface area (Å²) in [6, 6.07) is 0. The maximum absolute atomic E-state index is 12.6. The molecule has 9 nitrogen and oxygen atoms in total. The average Bonchev–Trinajstić information content (AvgIpc) is 2.96. The number of nitrogens with one attached hydrogen (secondary N) is 1. The summed E-state index contributed by atoms with van der Waals surface area (Å²) in [5.41, 5.74) is 2.42. The van der Waals surface area contributed by atoms with Crippen LogP contribution in [0.15, 0.2) is 23.7 Å².